The number of primary sulfonamides is 1. The monoisotopic (exact) mass is 386 g/mol. The van der Waals surface area contributed by atoms with E-state index in [1.54, 1.807) is 4.90 Å². The van der Waals surface area contributed by atoms with Crippen LogP contribution in [0, 0.1) is 16.0 Å². The zero-order chi connectivity index (χ0) is 19.3. The first kappa shape index (κ1) is 20.1. The van der Waals surface area contributed by atoms with Crippen molar-refractivity contribution in [2.45, 2.75) is 17.7 Å². The van der Waals surface area contributed by atoms with Crippen LogP contribution >= 0.6 is 0 Å². The first-order valence-electron chi connectivity index (χ1n) is 8.04. The number of nitrogens with one attached hydrogen (secondary N) is 1. The number of anilines is 1. The van der Waals surface area contributed by atoms with E-state index in [0.29, 0.717) is 19.6 Å². The molecule has 0 aromatic heterocycles. The standard InChI is InChI=1S/C15H22N4O6S/c1-25-10-15(20)18-6-2-3-11(9-18)8-17-13-5-4-12(26(16,23)24)7-14(13)19(21)22/h4-5,7,11,17H,2-3,6,8-10H2,1H3,(H2,16,23,24). The Morgan fingerprint density at radius 2 is 2.23 bits per heavy atom. The second-order valence-electron chi connectivity index (χ2n) is 6.14. The number of nitrogens with zero attached hydrogens (tertiary/aromatic N) is 2. The van der Waals surface area contributed by atoms with Crippen molar-refractivity contribution >= 4 is 27.3 Å². The number of piperidine rings is 1. The number of rotatable bonds is 7. The predicted molar refractivity (Wildman–Crippen MR) is 94.1 cm³/mol. The molecule has 1 unspecified atom stereocenters. The molecule has 0 aliphatic carbocycles. The van der Waals surface area contributed by atoms with Crippen molar-refractivity contribution in [3.8, 4) is 0 Å². The van der Waals surface area contributed by atoms with Gasteiger partial charge < -0.3 is 15.0 Å². The third-order valence-electron chi connectivity index (χ3n) is 4.22. The summed E-state index contributed by atoms with van der Waals surface area (Å²) in [5.41, 5.74) is -0.151. The number of nitro groups is 1. The molecule has 1 saturated heterocycles. The molecule has 2 rings (SSSR count). The van der Waals surface area contributed by atoms with Crippen molar-refractivity contribution in [2.24, 2.45) is 11.1 Å². The normalized spacial score (nSPS) is 17.8. The zero-order valence-corrected chi connectivity index (χ0v) is 15.2. The van der Waals surface area contributed by atoms with Gasteiger partial charge in [-0.15, -0.1) is 0 Å². The molecule has 1 atom stereocenters. The van der Waals surface area contributed by atoms with Crippen LogP contribution in [0.1, 0.15) is 12.8 Å². The molecule has 1 aromatic rings. The Balaban J connectivity index is 2.07. The average molecular weight is 386 g/mol. The molecule has 10 nitrogen and oxygen atoms in total. The van der Waals surface area contributed by atoms with Crippen molar-refractivity contribution in [1.82, 2.24) is 4.90 Å². The summed E-state index contributed by atoms with van der Waals surface area (Å²) in [7, 11) is -2.56. The smallest absolute Gasteiger partial charge is 0.293 e. The first-order chi connectivity index (χ1) is 12.2. The SMILES string of the molecule is COCC(=O)N1CCCC(CNc2ccc(S(N)(=O)=O)cc2[N+](=O)[O-])C1. The number of benzene rings is 1. The van der Waals surface area contributed by atoms with Crippen molar-refractivity contribution in [3.05, 3.63) is 28.3 Å². The molecular weight excluding hydrogens is 364 g/mol. The number of hydrogen-bond acceptors (Lipinski definition) is 7. The van der Waals surface area contributed by atoms with Crippen LogP contribution in [0.3, 0.4) is 0 Å². The zero-order valence-electron chi connectivity index (χ0n) is 14.4. The van der Waals surface area contributed by atoms with Crippen LogP contribution in [0.25, 0.3) is 0 Å². The minimum Gasteiger partial charge on any atom is -0.379 e. The Labute approximate surface area is 151 Å². The van der Waals surface area contributed by atoms with Gasteiger partial charge in [0.05, 0.1) is 9.82 Å². The topological polar surface area (TPSA) is 145 Å². The van der Waals surface area contributed by atoms with Gasteiger partial charge in [-0.05, 0) is 30.9 Å². The first-order valence-corrected chi connectivity index (χ1v) is 9.59. The molecule has 26 heavy (non-hydrogen) atoms. The number of carbonyl (C=O) groups excluding carboxylic acids is 1. The molecule has 1 aromatic carbocycles. The minimum atomic E-state index is -4.02. The van der Waals surface area contributed by atoms with E-state index in [0.717, 1.165) is 18.9 Å². The number of sulfonamides is 1. The van der Waals surface area contributed by atoms with E-state index in [9.17, 15) is 23.3 Å². The molecule has 0 spiro atoms. The Morgan fingerprint density at radius 1 is 1.50 bits per heavy atom. The molecule has 11 heteroatoms. The summed E-state index contributed by atoms with van der Waals surface area (Å²) in [6.07, 6.45) is 1.72. The van der Waals surface area contributed by atoms with Crippen LogP contribution in [0.4, 0.5) is 11.4 Å². The van der Waals surface area contributed by atoms with Gasteiger partial charge in [0, 0.05) is 32.8 Å². The number of methoxy groups -OCH3 is 1. The van der Waals surface area contributed by atoms with E-state index in [1.165, 1.54) is 19.2 Å². The van der Waals surface area contributed by atoms with E-state index in [4.69, 9.17) is 9.88 Å². The maximum atomic E-state index is 11.9. The van der Waals surface area contributed by atoms with Gasteiger partial charge >= 0.3 is 0 Å². The van der Waals surface area contributed by atoms with Crippen LogP contribution < -0.4 is 10.5 Å². The van der Waals surface area contributed by atoms with Crippen LogP contribution in [0.2, 0.25) is 0 Å². The third-order valence-corrected chi connectivity index (χ3v) is 5.13. The molecule has 1 heterocycles. The number of nitrogens with two attached hydrogens (primary N) is 1. The Hall–Kier alpha value is -2.24. The largest absolute Gasteiger partial charge is 0.379 e. The second-order valence-corrected chi connectivity index (χ2v) is 7.70. The number of carbonyl (C=O) groups is 1. The molecule has 1 aliphatic heterocycles. The highest BCUT2D eigenvalue weighted by Crippen LogP contribution is 2.28. The number of ether oxygens (including phenoxy) is 1. The number of hydrogen-bond donors (Lipinski definition) is 2. The van der Waals surface area contributed by atoms with Gasteiger partial charge in [0.2, 0.25) is 15.9 Å². The minimum absolute atomic E-state index is 0.0284. The molecular formula is C15H22N4O6S. The van der Waals surface area contributed by atoms with E-state index >= 15 is 0 Å². The molecule has 0 bridgehead atoms. The Bertz CT molecular complexity index is 782. The van der Waals surface area contributed by atoms with Crippen molar-refractivity contribution in [2.75, 3.05) is 38.7 Å². The van der Waals surface area contributed by atoms with Gasteiger partial charge in [0.1, 0.15) is 12.3 Å². The van der Waals surface area contributed by atoms with Crippen molar-refractivity contribution in [1.29, 1.82) is 0 Å². The second kappa shape index (κ2) is 8.43. The average Bonchev–Trinajstić information content (AvgIpc) is 2.59. The quantitative estimate of drug-likeness (QED) is 0.514. The molecule has 3 N–H and O–H groups in total. The summed E-state index contributed by atoms with van der Waals surface area (Å²) in [6.45, 7) is 1.66. The summed E-state index contributed by atoms with van der Waals surface area (Å²) in [6, 6.07) is 3.49. The molecule has 1 aliphatic rings. The van der Waals surface area contributed by atoms with Gasteiger partial charge in [-0.3, -0.25) is 14.9 Å². The van der Waals surface area contributed by atoms with Crippen molar-refractivity contribution < 1.29 is 22.9 Å². The number of likely N-dealkylation sites (tertiary alicyclic amines) is 1. The summed E-state index contributed by atoms with van der Waals surface area (Å²) in [4.78, 5) is 23.9. The molecule has 1 amide bonds. The maximum absolute atomic E-state index is 11.9. The highest BCUT2D eigenvalue weighted by Gasteiger charge is 2.25. The fraction of sp³-hybridized carbons (Fsp3) is 0.533. The van der Waals surface area contributed by atoms with Crippen molar-refractivity contribution in [3.63, 3.8) is 0 Å². The number of amides is 1. The van der Waals surface area contributed by atoms with Crippen LogP contribution in [0.5, 0.6) is 0 Å². The van der Waals surface area contributed by atoms with Crippen LogP contribution in [0.15, 0.2) is 23.1 Å². The van der Waals surface area contributed by atoms with E-state index in [1.807, 2.05) is 0 Å². The molecule has 144 valence electrons. The maximum Gasteiger partial charge on any atom is 0.293 e. The van der Waals surface area contributed by atoms with Gasteiger partial charge in [0.15, 0.2) is 0 Å². The summed E-state index contributed by atoms with van der Waals surface area (Å²) in [5, 5.41) is 19.2. The van der Waals surface area contributed by atoms with E-state index < -0.39 is 14.9 Å². The Kier molecular flexibility index (Phi) is 6.51. The van der Waals surface area contributed by atoms with Gasteiger partial charge in [-0.2, -0.15) is 0 Å². The summed E-state index contributed by atoms with van der Waals surface area (Å²) >= 11 is 0. The van der Waals surface area contributed by atoms with Crippen LogP contribution in [-0.2, 0) is 19.6 Å². The molecule has 0 radical (unpaired) electrons. The van der Waals surface area contributed by atoms with Gasteiger partial charge in [-0.1, -0.05) is 0 Å². The lowest BCUT2D eigenvalue weighted by molar-refractivity contribution is -0.384. The van der Waals surface area contributed by atoms with Gasteiger partial charge in [-0.25, -0.2) is 13.6 Å². The third kappa shape index (κ3) is 5.13. The van der Waals surface area contributed by atoms with E-state index in [-0.39, 0.29) is 34.7 Å². The van der Waals surface area contributed by atoms with Crippen LogP contribution in [-0.4, -0.2) is 57.5 Å². The highest BCUT2D eigenvalue weighted by molar-refractivity contribution is 7.89. The van der Waals surface area contributed by atoms with E-state index in [2.05, 4.69) is 5.32 Å². The lowest BCUT2D eigenvalue weighted by Gasteiger charge is -2.32. The molecule has 1 fully saturated rings. The highest BCUT2D eigenvalue weighted by atomic mass is 32.2. The molecule has 0 saturated carbocycles. The Morgan fingerprint density at radius 3 is 2.85 bits per heavy atom. The van der Waals surface area contributed by atoms with Gasteiger partial charge in [0.25, 0.3) is 5.69 Å². The number of nitro benzene ring substituents is 1. The predicted octanol–water partition coefficient (Wildman–Crippen LogP) is 0.539. The fourth-order valence-corrected chi connectivity index (χ4v) is 3.45. The lowest BCUT2D eigenvalue weighted by atomic mass is 9.98. The lowest BCUT2D eigenvalue weighted by Crippen LogP contribution is -2.43. The fourth-order valence-electron chi connectivity index (χ4n) is 2.92. The summed E-state index contributed by atoms with van der Waals surface area (Å²) < 4.78 is 27.6. The summed E-state index contributed by atoms with van der Waals surface area (Å²) in [5.74, 6) is 0.0442.